The minimum absolute atomic E-state index is 0.243. The molecule has 1 saturated heterocycles. The molecular weight excluding hydrogens is 281 g/mol. The van der Waals surface area contributed by atoms with Gasteiger partial charge in [0.2, 0.25) is 10.0 Å². The molecule has 0 amide bonds. The first-order valence-electron chi connectivity index (χ1n) is 6.62. The highest BCUT2D eigenvalue weighted by molar-refractivity contribution is 7.88. The monoisotopic (exact) mass is 301 g/mol. The van der Waals surface area contributed by atoms with E-state index in [0.717, 1.165) is 31.9 Å². The maximum atomic E-state index is 12.7. The first kappa shape index (κ1) is 15.2. The molecule has 0 unspecified atom stereocenters. The Morgan fingerprint density at radius 3 is 2.30 bits per heavy atom. The van der Waals surface area contributed by atoms with Gasteiger partial charge in [-0.2, -0.15) is 4.31 Å². The van der Waals surface area contributed by atoms with Crippen molar-refractivity contribution in [1.82, 2.24) is 9.21 Å². The second kappa shape index (κ2) is 6.51. The number of hydrogen-bond donors (Lipinski definition) is 1. The van der Waals surface area contributed by atoms with Gasteiger partial charge >= 0.3 is 0 Å². The first-order valence-corrected chi connectivity index (χ1v) is 8.47. The van der Waals surface area contributed by atoms with E-state index in [0.29, 0.717) is 13.1 Å². The number of hydrogen-bond acceptors (Lipinski definition) is 4. The average Bonchev–Trinajstić information content (AvgIpc) is 2.41. The smallest absolute Gasteiger partial charge is 0.211 e. The van der Waals surface area contributed by atoms with Gasteiger partial charge in [-0.25, -0.2) is 12.8 Å². The maximum absolute atomic E-state index is 12.7. The molecule has 0 atom stereocenters. The average molecular weight is 301 g/mol. The van der Waals surface area contributed by atoms with Crippen molar-refractivity contribution < 1.29 is 12.8 Å². The van der Waals surface area contributed by atoms with Crippen molar-refractivity contribution in [1.29, 1.82) is 0 Å². The molecule has 0 spiro atoms. The fraction of sp³-hybridized carbons (Fsp3) is 0.538. The van der Waals surface area contributed by atoms with Gasteiger partial charge < -0.3 is 5.32 Å². The Kier molecular flexibility index (Phi) is 4.95. The third-order valence-corrected chi connectivity index (χ3v) is 4.70. The molecule has 0 bridgehead atoms. The minimum Gasteiger partial charge on any atom is -0.384 e. The first-order chi connectivity index (χ1) is 9.45. The zero-order valence-corrected chi connectivity index (χ0v) is 12.4. The lowest BCUT2D eigenvalue weighted by atomic mass is 10.3. The highest BCUT2D eigenvalue weighted by Crippen LogP contribution is 2.09. The summed E-state index contributed by atoms with van der Waals surface area (Å²) in [7, 11) is -3.06. The van der Waals surface area contributed by atoms with Crippen molar-refractivity contribution >= 4 is 15.7 Å². The van der Waals surface area contributed by atoms with Gasteiger partial charge in [0.15, 0.2) is 0 Å². The molecule has 1 aliphatic rings. The van der Waals surface area contributed by atoms with Crippen molar-refractivity contribution in [3.8, 4) is 0 Å². The zero-order valence-electron chi connectivity index (χ0n) is 11.5. The van der Waals surface area contributed by atoms with Crippen LogP contribution in [0.3, 0.4) is 0 Å². The molecule has 5 nitrogen and oxygen atoms in total. The van der Waals surface area contributed by atoms with E-state index in [1.807, 2.05) is 0 Å². The number of halogens is 1. The Hall–Kier alpha value is -1.18. The second-order valence-corrected chi connectivity index (χ2v) is 6.92. The molecule has 2 rings (SSSR count). The normalized spacial score (nSPS) is 18.1. The van der Waals surface area contributed by atoms with Gasteiger partial charge in [-0.15, -0.1) is 0 Å². The van der Waals surface area contributed by atoms with Crippen LogP contribution in [-0.2, 0) is 10.0 Å². The van der Waals surface area contributed by atoms with Crippen molar-refractivity contribution in [2.75, 3.05) is 50.8 Å². The van der Waals surface area contributed by atoms with Crippen molar-refractivity contribution in [3.63, 3.8) is 0 Å². The predicted molar refractivity (Wildman–Crippen MR) is 77.7 cm³/mol. The molecule has 1 aromatic carbocycles. The summed E-state index contributed by atoms with van der Waals surface area (Å²) in [5.41, 5.74) is 0.890. The van der Waals surface area contributed by atoms with E-state index in [4.69, 9.17) is 0 Å². The number of rotatable bonds is 5. The van der Waals surface area contributed by atoms with E-state index in [1.54, 1.807) is 12.1 Å². The number of piperazine rings is 1. The topological polar surface area (TPSA) is 52.7 Å². The fourth-order valence-corrected chi connectivity index (χ4v) is 3.04. The summed E-state index contributed by atoms with van der Waals surface area (Å²) in [4.78, 5) is 2.22. The standard InChI is InChI=1S/C13H20FN3O2S/c1-20(18,19)17-10-8-16(9-11-17)7-6-15-13-4-2-12(14)3-5-13/h2-5,15H,6-11H2,1H3. The molecule has 0 saturated carbocycles. The number of benzene rings is 1. The van der Waals surface area contributed by atoms with Crippen LogP contribution in [0.4, 0.5) is 10.1 Å². The largest absolute Gasteiger partial charge is 0.384 e. The lowest BCUT2D eigenvalue weighted by Crippen LogP contribution is -2.49. The van der Waals surface area contributed by atoms with Crippen LogP contribution >= 0.6 is 0 Å². The Morgan fingerprint density at radius 1 is 1.15 bits per heavy atom. The zero-order chi connectivity index (χ0) is 14.6. The van der Waals surface area contributed by atoms with Gasteiger partial charge in [0, 0.05) is 45.0 Å². The number of nitrogens with zero attached hydrogens (tertiary/aromatic N) is 2. The lowest BCUT2D eigenvalue weighted by molar-refractivity contribution is 0.195. The van der Waals surface area contributed by atoms with Crippen LogP contribution in [0.1, 0.15) is 0 Å². The maximum Gasteiger partial charge on any atom is 0.211 e. The molecule has 0 radical (unpaired) electrons. The van der Waals surface area contributed by atoms with Gasteiger partial charge in [-0.1, -0.05) is 0 Å². The summed E-state index contributed by atoms with van der Waals surface area (Å²) >= 11 is 0. The minimum atomic E-state index is -3.06. The van der Waals surface area contributed by atoms with E-state index < -0.39 is 10.0 Å². The summed E-state index contributed by atoms with van der Waals surface area (Å²) in [6.45, 7) is 4.20. The molecule has 20 heavy (non-hydrogen) atoms. The molecule has 1 heterocycles. The highest BCUT2D eigenvalue weighted by Gasteiger charge is 2.22. The van der Waals surface area contributed by atoms with Crippen molar-refractivity contribution in [2.24, 2.45) is 0 Å². The van der Waals surface area contributed by atoms with E-state index in [1.165, 1.54) is 22.7 Å². The van der Waals surface area contributed by atoms with Gasteiger partial charge in [-0.05, 0) is 24.3 Å². The molecule has 112 valence electrons. The lowest BCUT2D eigenvalue weighted by Gasteiger charge is -2.33. The fourth-order valence-electron chi connectivity index (χ4n) is 2.21. The van der Waals surface area contributed by atoms with Crippen LogP contribution in [0.25, 0.3) is 0 Å². The second-order valence-electron chi connectivity index (χ2n) is 4.94. The van der Waals surface area contributed by atoms with Crippen LogP contribution in [0.2, 0.25) is 0 Å². The third-order valence-electron chi connectivity index (χ3n) is 3.40. The van der Waals surface area contributed by atoms with Gasteiger partial charge in [0.05, 0.1) is 6.26 Å². The number of sulfonamides is 1. The van der Waals surface area contributed by atoms with Crippen molar-refractivity contribution in [3.05, 3.63) is 30.1 Å². The molecule has 1 N–H and O–H groups in total. The van der Waals surface area contributed by atoms with E-state index >= 15 is 0 Å². The molecule has 7 heteroatoms. The Labute approximate surface area is 119 Å². The van der Waals surface area contributed by atoms with E-state index in [-0.39, 0.29) is 5.82 Å². The Balaban J connectivity index is 1.70. The van der Waals surface area contributed by atoms with Crippen LogP contribution in [0.15, 0.2) is 24.3 Å². The van der Waals surface area contributed by atoms with Gasteiger partial charge in [-0.3, -0.25) is 4.90 Å². The predicted octanol–water partition coefficient (Wildman–Crippen LogP) is 0.815. The molecule has 0 aromatic heterocycles. The number of anilines is 1. The van der Waals surface area contributed by atoms with Crippen LogP contribution in [-0.4, -0.2) is 63.1 Å². The summed E-state index contributed by atoms with van der Waals surface area (Å²) < 4.78 is 37.0. The molecule has 0 aliphatic carbocycles. The quantitative estimate of drug-likeness (QED) is 0.875. The van der Waals surface area contributed by atoms with E-state index in [2.05, 4.69) is 10.2 Å². The summed E-state index contributed by atoms with van der Waals surface area (Å²) in [6.07, 6.45) is 1.25. The summed E-state index contributed by atoms with van der Waals surface area (Å²) in [6, 6.07) is 6.26. The SMILES string of the molecule is CS(=O)(=O)N1CCN(CCNc2ccc(F)cc2)CC1. The number of nitrogens with one attached hydrogen (secondary N) is 1. The summed E-state index contributed by atoms with van der Waals surface area (Å²) in [5.74, 6) is -0.243. The summed E-state index contributed by atoms with van der Waals surface area (Å²) in [5, 5.41) is 3.22. The van der Waals surface area contributed by atoms with Crippen LogP contribution in [0.5, 0.6) is 0 Å². The highest BCUT2D eigenvalue weighted by atomic mass is 32.2. The Morgan fingerprint density at radius 2 is 1.75 bits per heavy atom. The molecule has 1 aromatic rings. The molecule has 1 fully saturated rings. The van der Waals surface area contributed by atoms with E-state index in [9.17, 15) is 12.8 Å². The molecule has 1 aliphatic heterocycles. The van der Waals surface area contributed by atoms with Crippen LogP contribution in [0, 0.1) is 5.82 Å². The van der Waals surface area contributed by atoms with Crippen LogP contribution < -0.4 is 5.32 Å². The Bertz CT molecular complexity index is 525. The van der Waals surface area contributed by atoms with Gasteiger partial charge in [0.25, 0.3) is 0 Å². The van der Waals surface area contributed by atoms with Crippen molar-refractivity contribution in [2.45, 2.75) is 0 Å². The molecular formula is C13H20FN3O2S. The van der Waals surface area contributed by atoms with Gasteiger partial charge in [0.1, 0.15) is 5.82 Å². The third kappa shape index (κ3) is 4.43.